The van der Waals surface area contributed by atoms with Gasteiger partial charge in [-0.25, -0.2) is 0 Å². The Morgan fingerprint density at radius 3 is 2.12 bits per heavy atom. The predicted octanol–water partition coefficient (Wildman–Crippen LogP) is 2.57. The van der Waals surface area contributed by atoms with Gasteiger partial charge in [0.05, 0.1) is 11.1 Å². The van der Waals surface area contributed by atoms with E-state index in [0.29, 0.717) is 11.1 Å². The third-order valence-corrected chi connectivity index (χ3v) is 4.33. The van der Waals surface area contributed by atoms with Crippen molar-refractivity contribution in [3.63, 3.8) is 0 Å². The summed E-state index contributed by atoms with van der Waals surface area (Å²) < 4.78 is 0. The number of nitrogens with zero attached hydrogens (tertiary/aromatic N) is 2. The minimum atomic E-state index is -1.45. The van der Waals surface area contributed by atoms with Gasteiger partial charge >= 0.3 is 0 Å². The van der Waals surface area contributed by atoms with Crippen molar-refractivity contribution in [2.75, 3.05) is 0 Å². The first-order valence-electron chi connectivity index (χ1n) is 7.75. The van der Waals surface area contributed by atoms with E-state index in [1.54, 1.807) is 31.5 Å². The molecule has 4 N–H and O–H groups in total. The van der Waals surface area contributed by atoms with E-state index in [4.69, 9.17) is 5.73 Å². The van der Waals surface area contributed by atoms with Crippen LogP contribution in [0.15, 0.2) is 60.9 Å². The number of aliphatic hydroxyl groups is 1. The Kier molecular flexibility index (Phi) is 4.35. The maximum Gasteiger partial charge on any atom is 0.269 e. The van der Waals surface area contributed by atoms with Crippen LogP contribution in [-0.2, 0) is 5.60 Å². The molecule has 1 aromatic heterocycles. The number of non-ortho nitro benzene ring substituents is 1. The number of hydrogen-bond donors (Lipinski definition) is 3. The molecule has 0 aliphatic carbocycles. The number of aromatic nitrogens is 2. The number of nitro groups is 1. The van der Waals surface area contributed by atoms with Crippen molar-refractivity contribution in [3.05, 3.63) is 82.2 Å². The van der Waals surface area contributed by atoms with Gasteiger partial charge in [-0.2, -0.15) is 5.10 Å². The number of nitrogens with one attached hydrogen (secondary N) is 1. The lowest BCUT2D eigenvalue weighted by Gasteiger charge is -2.33. The average Bonchev–Trinajstić information content (AvgIpc) is 3.15. The van der Waals surface area contributed by atoms with Crippen LogP contribution >= 0.6 is 0 Å². The fraction of sp³-hybridized carbons (Fsp3) is 0.167. The molecule has 3 aromatic rings. The van der Waals surface area contributed by atoms with E-state index in [1.165, 1.54) is 24.3 Å². The van der Waals surface area contributed by atoms with Crippen molar-refractivity contribution in [2.45, 2.75) is 18.6 Å². The molecule has 0 fully saturated rings. The Morgan fingerprint density at radius 1 is 1.12 bits per heavy atom. The van der Waals surface area contributed by atoms with Gasteiger partial charge in [0.25, 0.3) is 5.69 Å². The number of nitro benzene ring substituents is 1. The van der Waals surface area contributed by atoms with Gasteiger partial charge in [0.1, 0.15) is 5.60 Å². The summed E-state index contributed by atoms with van der Waals surface area (Å²) in [5.41, 5.74) is 7.58. The third-order valence-electron chi connectivity index (χ3n) is 4.33. The van der Waals surface area contributed by atoms with Crippen molar-refractivity contribution in [1.82, 2.24) is 10.2 Å². The lowest BCUT2D eigenvalue weighted by atomic mass is 9.80. The van der Waals surface area contributed by atoms with E-state index in [2.05, 4.69) is 10.2 Å². The molecule has 0 spiro atoms. The maximum atomic E-state index is 11.3. The van der Waals surface area contributed by atoms with Crippen LogP contribution in [-0.4, -0.2) is 26.3 Å². The minimum absolute atomic E-state index is 0.0360. The van der Waals surface area contributed by atoms with Crippen molar-refractivity contribution < 1.29 is 10.0 Å². The topological polar surface area (TPSA) is 118 Å². The average molecular weight is 338 g/mol. The lowest BCUT2D eigenvalue weighted by Crippen LogP contribution is -2.44. The van der Waals surface area contributed by atoms with E-state index in [0.717, 1.165) is 11.1 Å². The zero-order chi connectivity index (χ0) is 18.0. The van der Waals surface area contributed by atoms with Crippen molar-refractivity contribution in [1.29, 1.82) is 0 Å². The van der Waals surface area contributed by atoms with Gasteiger partial charge in [-0.15, -0.1) is 0 Å². The summed E-state index contributed by atoms with van der Waals surface area (Å²) in [5, 5.41) is 28.8. The standard InChI is InChI=1S/C18H18N4O3/c1-12(19)18(23,16-6-8-17(9-7-16)22(24)25)15-4-2-13(3-5-15)14-10-20-21-11-14/h2-12,23H,19H2,1H3,(H,20,21). The van der Waals surface area contributed by atoms with Gasteiger partial charge in [-0.1, -0.05) is 24.3 Å². The molecule has 2 aromatic carbocycles. The van der Waals surface area contributed by atoms with Crippen LogP contribution in [0.25, 0.3) is 11.1 Å². The van der Waals surface area contributed by atoms with Gasteiger partial charge in [-0.05, 0) is 35.7 Å². The molecule has 128 valence electrons. The number of benzene rings is 2. The molecule has 2 unspecified atom stereocenters. The molecule has 0 amide bonds. The predicted molar refractivity (Wildman–Crippen MR) is 93.8 cm³/mol. The molecule has 0 aliphatic rings. The van der Waals surface area contributed by atoms with E-state index < -0.39 is 16.6 Å². The zero-order valence-electron chi connectivity index (χ0n) is 13.6. The number of nitrogens with two attached hydrogens (primary N) is 1. The fourth-order valence-corrected chi connectivity index (χ4v) is 2.86. The zero-order valence-corrected chi connectivity index (χ0v) is 13.6. The van der Waals surface area contributed by atoms with Gasteiger partial charge in [-0.3, -0.25) is 15.2 Å². The summed E-state index contributed by atoms with van der Waals surface area (Å²) in [6, 6.07) is 12.5. The highest BCUT2D eigenvalue weighted by Gasteiger charge is 2.36. The normalized spacial score (nSPS) is 14.7. The number of rotatable bonds is 5. The molecule has 25 heavy (non-hydrogen) atoms. The van der Waals surface area contributed by atoms with Crippen LogP contribution in [0.1, 0.15) is 18.1 Å². The molecular formula is C18H18N4O3. The highest BCUT2D eigenvalue weighted by Crippen LogP contribution is 2.34. The smallest absolute Gasteiger partial charge is 0.269 e. The van der Waals surface area contributed by atoms with Crippen molar-refractivity contribution >= 4 is 5.69 Å². The molecule has 0 aliphatic heterocycles. The summed E-state index contributed by atoms with van der Waals surface area (Å²) in [5.74, 6) is 0. The summed E-state index contributed by atoms with van der Waals surface area (Å²) in [4.78, 5) is 10.3. The van der Waals surface area contributed by atoms with E-state index in [1.807, 2.05) is 12.1 Å². The summed E-state index contributed by atoms with van der Waals surface area (Å²) in [7, 11) is 0. The molecule has 0 saturated heterocycles. The molecule has 3 rings (SSSR count). The van der Waals surface area contributed by atoms with Gasteiger partial charge in [0.15, 0.2) is 0 Å². The Morgan fingerprint density at radius 2 is 1.68 bits per heavy atom. The molecule has 2 atom stereocenters. The Hall–Kier alpha value is -3.03. The van der Waals surface area contributed by atoms with E-state index in [-0.39, 0.29) is 5.69 Å². The van der Waals surface area contributed by atoms with Gasteiger partial charge in [0, 0.05) is 29.9 Å². The first-order valence-corrected chi connectivity index (χ1v) is 7.75. The summed E-state index contributed by atoms with van der Waals surface area (Å²) in [6.07, 6.45) is 3.49. The largest absolute Gasteiger partial charge is 0.379 e. The molecular weight excluding hydrogens is 320 g/mol. The monoisotopic (exact) mass is 338 g/mol. The number of aromatic amines is 1. The SMILES string of the molecule is CC(N)C(O)(c1ccc(-c2cn[nH]c2)cc1)c1ccc([N+](=O)[O-])cc1. The number of hydrogen-bond acceptors (Lipinski definition) is 5. The molecule has 0 saturated carbocycles. The van der Waals surface area contributed by atoms with Crippen LogP contribution in [0, 0.1) is 10.1 Å². The second-order valence-electron chi connectivity index (χ2n) is 5.92. The van der Waals surface area contributed by atoms with Crippen LogP contribution < -0.4 is 5.73 Å². The Labute approximate surface area is 144 Å². The van der Waals surface area contributed by atoms with Crippen LogP contribution in [0.5, 0.6) is 0 Å². The summed E-state index contributed by atoms with van der Waals surface area (Å²) in [6.45, 7) is 1.70. The highest BCUT2D eigenvalue weighted by molar-refractivity contribution is 5.62. The van der Waals surface area contributed by atoms with Crippen molar-refractivity contribution in [2.24, 2.45) is 5.73 Å². The first-order chi connectivity index (χ1) is 11.9. The quantitative estimate of drug-likeness (QED) is 0.488. The second-order valence-corrected chi connectivity index (χ2v) is 5.92. The highest BCUT2D eigenvalue weighted by atomic mass is 16.6. The second kappa shape index (κ2) is 6.46. The van der Waals surface area contributed by atoms with E-state index in [9.17, 15) is 15.2 Å². The number of H-pyrrole nitrogens is 1. The van der Waals surface area contributed by atoms with Crippen LogP contribution in [0.3, 0.4) is 0 Å². The first kappa shape index (κ1) is 16.8. The van der Waals surface area contributed by atoms with E-state index >= 15 is 0 Å². The molecule has 0 radical (unpaired) electrons. The summed E-state index contributed by atoms with van der Waals surface area (Å²) >= 11 is 0. The molecule has 7 nitrogen and oxygen atoms in total. The van der Waals surface area contributed by atoms with Crippen LogP contribution in [0.4, 0.5) is 5.69 Å². The van der Waals surface area contributed by atoms with Gasteiger partial charge < -0.3 is 10.8 Å². The fourth-order valence-electron chi connectivity index (χ4n) is 2.86. The minimum Gasteiger partial charge on any atom is -0.379 e. The van der Waals surface area contributed by atoms with Gasteiger partial charge in [0.2, 0.25) is 0 Å². The molecule has 7 heteroatoms. The molecule has 1 heterocycles. The van der Waals surface area contributed by atoms with Crippen molar-refractivity contribution in [3.8, 4) is 11.1 Å². The molecule has 0 bridgehead atoms. The lowest BCUT2D eigenvalue weighted by molar-refractivity contribution is -0.384. The third kappa shape index (κ3) is 3.02. The Balaban J connectivity index is 2.01. The Bertz CT molecular complexity index is 858. The maximum absolute atomic E-state index is 11.3. The van der Waals surface area contributed by atoms with Crippen LogP contribution in [0.2, 0.25) is 0 Å².